The third kappa shape index (κ3) is 2.35. The topological polar surface area (TPSA) is 57.4 Å². The molecule has 1 aliphatic rings. The number of rotatable bonds is 3. The Morgan fingerprint density at radius 1 is 1.64 bits per heavy atom. The fourth-order valence-electron chi connectivity index (χ4n) is 1.70. The van der Waals surface area contributed by atoms with Crippen LogP contribution in [0.1, 0.15) is 12.2 Å². The second-order valence-corrected chi connectivity index (χ2v) is 3.63. The highest BCUT2D eigenvalue weighted by Gasteiger charge is 2.21. The first-order chi connectivity index (χ1) is 6.86. The van der Waals surface area contributed by atoms with Crippen molar-refractivity contribution in [1.29, 1.82) is 0 Å². The van der Waals surface area contributed by atoms with E-state index in [1.807, 2.05) is 12.1 Å². The molecule has 1 fully saturated rings. The Morgan fingerprint density at radius 2 is 2.57 bits per heavy atom. The molecule has 1 aromatic rings. The van der Waals surface area contributed by atoms with Gasteiger partial charge in [0.05, 0.1) is 18.9 Å². The van der Waals surface area contributed by atoms with E-state index >= 15 is 0 Å². The summed E-state index contributed by atoms with van der Waals surface area (Å²) in [5.41, 5.74) is 0. The highest BCUT2D eigenvalue weighted by molar-refractivity contribution is 4.98. The first-order valence-electron chi connectivity index (χ1n) is 5.01. The average Bonchev–Trinajstić information content (AvgIpc) is 2.69. The molecule has 1 aromatic heterocycles. The lowest BCUT2D eigenvalue weighted by molar-refractivity contribution is 0.0975. The Hall–Kier alpha value is -0.840. The lowest BCUT2D eigenvalue weighted by Gasteiger charge is -2.28. The van der Waals surface area contributed by atoms with Gasteiger partial charge in [0, 0.05) is 12.6 Å². The summed E-state index contributed by atoms with van der Waals surface area (Å²) in [6.45, 7) is 2.40. The molecule has 14 heavy (non-hydrogen) atoms. The van der Waals surface area contributed by atoms with Crippen LogP contribution in [0.2, 0.25) is 0 Å². The van der Waals surface area contributed by atoms with Crippen LogP contribution in [0.3, 0.4) is 0 Å². The zero-order chi connectivity index (χ0) is 9.80. The van der Waals surface area contributed by atoms with Crippen molar-refractivity contribution in [2.24, 2.45) is 0 Å². The Labute approximate surface area is 83.3 Å². The molecule has 2 heterocycles. The van der Waals surface area contributed by atoms with Crippen LogP contribution in [0.4, 0.5) is 0 Å². The number of hydrogen-bond acceptors (Lipinski definition) is 4. The maximum absolute atomic E-state index is 9.66. The Bertz CT molecular complexity index is 261. The maximum atomic E-state index is 9.66. The molecule has 2 unspecified atom stereocenters. The summed E-state index contributed by atoms with van der Waals surface area (Å²) in [7, 11) is 0. The minimum Gasteiger partial charge on any atom is -0.468 e. The highest BCUT2D eigenvalue weighted by atomic mass is 16.3. The van der Waals surface area contributed by atoms with Crippen LogP contribution in [-0.2, 0) is 6.54 Å². The molecular weight excluding hydrogens is 180 g/mol. The van der Waals surface area contributed by atoms with Gasteiger partial charge in [0.15, 0.2) is 0 Å². The molecule has 0 bridgehead atoms. The Kier molecular flexibility index (Phi) is 3.18. The second-order valence-electron chi connectivity index (χ2n) is 3.63. The van der Waals surface area contributed by atoms with Gasteiger partial charge in [-0.1, -0.05) is 0 Å². The monoisotopic (exact) mass is 196 g/mol. The summed E-state index contributed by atoms with van der Waals surface area (Å²) >= 11 is 0. The van der Waals surface area contributed by atoms with E-state index in [2.05, 4.69) is 10.6 Å². The number of hydrogen-bond donors (Lipinski definition) is 3. The van der Waals surface area contributed by atoms with E-state index in [1.54, 1.807) is 6.26 Å². The third-order valence-corrected chi connectivity index (χ3v) is 2.56. The second kappa shape index (κ2) is 4.59. The van der Waals surface area contributed by atoms with Crippen molar-refractivity contribution in [2.75, 3.05) is 13.1 Å². The summed E-state index contributed by atoms with van der Waals surface area (Å²) < 4.78 is 5.20. The molecule has 2 rings (SSSR count). The SMILES string of the molecule is OC1CCNCC1NCc1ccco1. The molecule has 0 spiro atoms. The van der Waals surface area contributed by atoms with Crippen LogP contribution in [-0.4, -0.2) is 30.3 Å². The van der Waals surface area contributed by atoms with Gasteiger partial charge in [0.2, 0.25) is 0 Å². The van der Waals surface area contributed by atoms with Crippen molar-refractivity contribution in [2.45, 2.75) is 25.1 Å². The summed E-state index contributed by atoms with van der Waals surface area (Å²) in [6.07, 6.45) is 2.23. The van der Waals surface area contributed by atoms with E-state index in [9.17, 15) is 5.11 Å². The van der Waals surface area contributed by atoms with Crippen molar-refractivity contribution >= 4 is 0 Å². The number of aliphatic hydroxyl groups is 1. The van der Waals surface area contributed by atoms with Crippen LogP contribution in [0.5, 0.6) is 0 Å². The molecule has 0 saturated carbocycles. The maximum Gasteiger partial charge on any atom is 0.117 e. The third-order valence-electron chi connectivity index (χ3n) is 2.56. The molecular formula is C10H16N2O2. The standard InChI is InChI=1S/C10H16N2O2/c13-10-3-4-11-7-9(10)12-6-8-2-1-5-14-8/h1-2,5,9-13H,3-4,6-7H2. The van der Waals surface area contributed by atoms with Gasteiger partial charge in [-0.3, -0.25) is 0 Å². The molecule has 1 saturated heterocycles. The van der Waals surface area contributed by atoms with Gasteiger partial charge < -0.3 is 20.2 Å². The van der Waals surface area contributed by atoms with Gasteiger partial charge in [0.25, 0.3) is 0 Å². The van der Waals surface area contributed by atoms with Crippen molar-refractivity contribution in [3.05, 3.63) is 24.2 Å². The lowest BCUT2D eigenvalue weighted by atomic mass is 10.0. The van der Waals surface area contributed by atoms with Crippen LogP contribution in [0, 0.1) is 0 Å². The van der Waals surface area contributed by atoms with E-state index in [0.717, 1.165) is 25.3 Å². The number of furan rings is 1. The van der Waals surface area contributed by atoms with Gasteiger partial charge in [0.1, 0.15) is 5.76 Å². The average molecular weight is 196 g/mol. The van der Waals surface area contributed by atoms with Gasteiger partial charge in [-0.2, -0.15) is 0 Å². The van der Waals surface area contributed by atoms with E-state index in [-0.39, 0.29) is 12.1 Å². The summed E-state index contributed by atoms with van der Waals surface area (Å²) in [4.78, 5) is 0. The van der Waals surface area contributed by atoms with Crippen LogP contribution in [0.15, 0.2) is 22.8 Å². The summed E-state index contributed by atoms with van der Waals surface area (Å²) in [6, 6.07) is 3.93. The van der Waals surface area contributed by atoms with Gasteiger partial charge in [-0.15, -0.1) is 0 Å². The number of nitrogens with one attached hydrogen (secondary N) is 2. The van der Waals surface area contributed by atoms with Crippen LogP contribution in [0.25, 0.3) is 0 Å². The van der Waals surface area contributed by atoms with Crippen molar-refractivity contribution in [3.63, 3.8) is 0 Å². The normalized spacial score (nSPS) is 27.8. The molecule has 3 N–H and O–H groups in total. The Balaban J connectivity index is 1.79. The number of piperidine rings is 1. The number of aliphatic hydroxyl groups excluding tert-OH is 1. The molecule has 0 aromatic carbocycles. The van der Waals surface area contributed by atoms with Gasteiger partial charge >= 0.3 is 0 Å². The van der Waals surface area contributed by atoms with Gasteiger partial charge in [-0.25, -0.2) is 0 Å². The quantitative estimate of drug-likeness (QED) is 0.641. The summed E-state index contributed by atoms with van der Waals surface area (Å²) in [5, 5.41) is 16.2. The fourth-order valence-corrected chi connectivity index (χ4v) is 1.70. The predicted octanol–water partition coefficient (Wildman–Crippen LogP) is 0.0920. The molecule has 4 nitrogen and oxygen atoms in total. The van der Waals surface area contributed by atoms with Crippen molar-refractivity contribution in [3.8, 4) is 0 Å². The largest absolute Gasteiger partial charge is 0.468 e. The fraction of sp³-hybridized carbons (Fsp3) is 0.600. The zero-order valence-electron chi connectivity index (χ0n) is 8.07. The predicted molar refractivity (Wildman–Crippen MR) is 52.8 cm³/mol. The molecule has 1 aliphatic heterocycles. The van der Waals surface area contributed by atoms with Crippen molar-refractivity contribution < 1.29 is 9.52 Å². The zero-order valence-corrected chi connectivity index (χ0v) is 8.07. The molecule has 4 heteroatoms. The highest BCUT2D eigenvalue weighted by Crippen LogP contribution is 2.05. The molecule has 0 radical (unpaired) electrons. The van der Waals surface area contributed by atoms with Crippen molar-refractivity contribution in [1.82, 2.24) is 10.6 Å². The molecule has 78 valence electrons. The van der Waals surface area contributed by atoms with Crippen LogP contribution >= 0.6 is 0 Å². The van der Waals surface area contributed by atoms with Crippen LogP contribution < -0.4 is 10.6 Å². The van der Waals surface area contributed by atoms with E-state index in [1.165, 1.54) is 0 Å². The minimum atomic E-state index is -0.244. The summed E-state index contributed by atoms with van der Waals surface area (Å²) in [5.74, 6) is 0.905. The smallest absolute Gasteiger partial charge is 0.117 e. The molecule has 0 aliphatic carbocycles. The lowest BCUT2D eigenvalue weighted by Crippen LogP contribution is -2.51. The first kappa shape index (κ1) is 9.71. The molecule has 2 atom stereocenters. The molecule has 0 amide bonds. The Morgan fingerprint density at radius 3 is 3.29 bits per heavy atom. The van der Waals surface area contributed by atoms with E-state index in [0.29, 0.717) is 6.54 Å². The minimum absolute atomic E-state index is 0.133. The van der Waals surface area contributed by atoms with E-state index < -0.39 is 0 Å². The van der Waals surface area contributed by atoms with E-state index in [4.69, 9.17) is 4.42 Å². The first-order valence-corrected chi connectivity index (χ1v) is 5.01. The van der Waals surface area contributed by atoms with Gasteiger partial charge in [-0.05, 0) is 25.1 Å².